The van der Waals surface area contributed by atoms with Gasteiger partial charge in [-0.05, 0) is 51.1 Å². The molecule has 0 aromatic heterocycles. The van der Waals surface area contributed by atoms with Gasteiger partial charge in [0.1, 0.15) is 0 Å². The van der Waals surface area contributed by atoms with Crippen LogP contribution in [-0.4, -0.2) is 25.7 Å². The molecule has 16 heavy (non-hydrogen) atoms. The lowest BCUT2D eigenvalue weighted by atomic mass is 9.86. The number of esters is 1. The molecule has 0 aromatic carbocycles. The van der Waals surface area contributed by atoms with Gasteiger partial charge in [0.25, 0.3) is 0 Å². The largest absolute Gasteiger partial charge is 0.465 e. The van der Waals surface area contributed by atoms with Gasteiger partial charge < -0.3 is 10.1 Å². The predicted molar refractivity (Wildman–Crippen MR) is 65.8 cm³/mol. The van der Waals surface area contributed by atoms with Gasteiger partial charge in [0.2, 0.25) is 0 Å². The van der Waals surface area contributed by atoms with Crippen LogP contribution in [-0.2, 0) is 9.53 Å². The van der Waals surface area contributed by atoms with Crippen LogP contribution in [0.2, 0.25) is 0 Å². The fourth-order valence-corrected chi connectivity index (χ4v) is 2.26. The Kier molecular flexibility index (Phi) is 6.14. The zero-order valence-corrected chi connectivity index (χ0v) is 10.6. The fourth-order valence-electron chi connectivity index (χ4n) is 2.26. The lowest BCUT2D eigenvalue weighted by Crippen LogP contribution is -2.29. The average Bonchev–Trinajstić information content (AvgIpc) is 2.16. The van der Waals surface area contributed by atoms with Crippen LogP contribution in [0.5, 0.6) is 0 Å². The summed E-state index contributed by atoms with van der Waals surface area (Å²) in [5, 5.41) is 3.34. The first-order valence-electron chi connectivity index (χ1n) is 6.23. The van der Waals surface area contributed by atoms with E-state index in [9.17, 15) is 4.79 Å². The van der Waals surface area contributed by atoms with Crippen LogP contribution in [0.25, 0.3) is 0 Å². The number of nitrogens with one attached hydrogen (secondary N) is 1. The van der Waals surface area contributed by atoms with E-state index in [1.165, 1.54) is 19.3 Å². The van der Waals surface area contributed by atoms with Crippen molar-refractivity contribution in [3.05, 3.63) is 0 Å². The van der Waals surface area contributed by atoms with E-state index in [4.69, 9.17) is 4.74 Å². The molecule has 2 aliphatic rings. The highest BCUT2D eigenvalue weighted by molar-refractivity contribution is 5.85. The second-order valence-electron chi connectivity index (χ2n) is 4.78. The molecule has 0 radical (unpaired) electrons. The van der Waals surface area contributed by atoms with Crippen molar-refractivity contribution in [2.45, 2.75) is 38.5 Å². The Morgan fingerprint density at radius 1 is 1.19 bits per heavy atom. The minimum atomic E-state index is 0. The van der Waals surface area contributed by atoms with Crippen LogP contribution in [0, 0.1) is 11.8 Å². The molecule has 1 saturated heterocycles. The molecule has 94 valence electrons. The van der Waals surface area contributed by atoms with Gasteiger partial charge in [-0.25, -0.2) is 0 Å². The van der Waals surface area contributed by atoms with E-state index in [-0.39, 0.29) is 24.3 Å². The van der Waals surface area contributed by atoms with Crippen molar-refractivity contribution < 1.29 is 9.53 Å². The molecule has 0 spiro atoms. The maximum Gasteiger partial charge on any atom is 0.308 e. The molecular formula is C12H22ClNO2. The lowest BCUT2D eigenvalue weighted by molar-refractivity contribution is -0.151. The van der Waals surface area contributed by atoms with Gasteiger partial charge in [0.15, 0.2) is 0 Å². The third-order valence-electron chi connectivity index (χ3n) is 3.67. The Bertz CT molecular complexity index is 213. The number of piperidine rings is 1. The van der Waals surface area contributed by atoms with Gasteiger partial charge in [-0.15, -0.1) is 12.4 Å². The van der Waals surface area contributed by atoms with Crippen LogP contribution >= 0.6 is 12.4 Å². The highest BCUT2D eigenvalue weighted by Gasteiger charge is 2.26. The highest BCUT2D eigenvalue weighted by atomic mass is 35.5. The standard InChI is InChI=1S/C12H21NO2.ClH/c14-12(11-2-1-3-11)15-9-6-10-4-7-13-8-5-10;/h10-11,13H,1-9H2;1H. The SMILES string of the molecule is Cl.O=C(OCCC1CCNCC1)C1CCC1. The Labute approximate surface area is 104 Å². The molecule has 0 bridgehead atoms. The summed E-state index contributed by atoms with van der Waals surface area (Å²) in [6.45, 7) is 2.89. The summed E-state index contributed by atoms with van der Waals surface area (Å²) in [6, 6.07) is 0. The smallest absolute Gasteiger partial charge is 0.308 e. The molecule has 1 N–H and O–H groups in total. The number of carbonyl (C=O) groups is 1. The van der Waals surface area contributed by atoms with E-state index < -0.39 is 0 Å². The van der Waals surface area contributed by atoms with Crippen molar-refractivity contribution >= 4 is 18.4 Å². The van der Waals surface area contributed by atoms with Crippen molar-refractivity contribution in [2.75, 3.05) is 19.7 Å². The Balaban J connectivity index is 0.00000128. The van der Waals surface area contributed by atoms with Gasteiger partial charge in [0.05, 0.1) is 12.5 Å². The number of rotatable bonds is 4. The molecule has 0 unspecified atom stereocenters. The summed E-state index contributed by atoms with van der Waals surface area (Å²) in [7, 11) is 0. The second kappa shape index (κ2) is 7.13. The van der Waals surface area contributed by atoms with E-state index in [1.807, 2.05) is 0 Å². The summed E-state index contributed by atoms with van der Waals surface area (Å²) >= 11 is 0. The van der Waals surface area contributed by atoms with Gasteiger partial charge in [0, 0.05) is 0 Å². The minimum absolute atomic E-state index is 0. The Hall–Kier alpha value is -0.280. The molecule has 1 heterocycles. The Morgan fingerprint density at radius 2 is 1.88 bits per heavy atom. The van der Waals surface area contributed by atoms with E-state index in [0.29, 0.717) is 6.61 Å². The molecular weight excluding hydrogens is 226 g/mol. The molecule has 0 atom stereocenters. The summed E-state index contributed by atoms with van der Waals surface area (Å²) in [4.78, 5) is 11.4. The quantitative estimate of drug-likeness (QED) is 0.774. The number of ether oxygens (including phenoxy) is 1. The van der Waals surface area contributed by atoms with Crippen LogP contribution < -0.4 is 5.32 Å². The van der Waals surface area contributed by atoms with E-state index in [0.717, 1.165) is 38.3 Å². The molecule has 4 heteroatoms. The molecule has 1 aliphatic heterocycles. The first kappa shape index (κ1) is 13.8. The van der Waals surface area contributed by atoms with Crippen LogP contribution in [0.1, 0.15) is 38.5 Å². The molecule has 2 fully saturated rings. The Morgan fingerprint density at radius 3 is 2.44 bits per heavy atom. The van der Waals surface area contributed by atoms with Crippen molar-refractivity contribution in [1.29, 1.82) is 0 Å². The van der Waals surface area contributed by atoms with Crippen LogP contribution in [0.4, 0.5) is 0 Å². The maximum absolute atomic E-state index is 11.4. The van der Waals surface area contributed by atoms with Gasteiger partial charge in [-0.1, -0.05) is 6.42 Å². The van der Waals surface area contributed by atoms with Gasteiger partial charge in [-0.3, -0.25) is 4.79 Å². The van der Waals surface area contributed by atoms with Gasteiger partial charge in [-0.2, -0.15) is 0 Å². The summed E-state index contributed by atoms with van der Waals surface area (Å²) in [6.07, 6.45) is 6.83. The van der Waals surface area contributed by atoms with Crippen LogP contribution in [0.15, 0.2) is 0 Å². The minimum Gasteiger partial charge on any atom is -0.465 e. The molecule has 1 aliphatic carbocycles. The third kappa shape index (κ3) is 3.95. The van der Waals surface area contributed by atoms with E-state index in [1.54, 1.807) is 0 Å². The first-order chi connectivity index (χ1) is 7.36. The topological polar surface area (TPSA) is 38.3 Å². The normalized spacial score (nSPS) is 22.0. The van der Waals surface area contributed by atoms with Crippen molar-refractivity contribution in [1.82, 2.24) is 5.32 Å². The number of hydrogen-bond acceptors (Lipinski definition) is 3. The van der Waals surface area contributed by atoms with Crippen molar-refractivity contribution in [3.8, 4) is 0 Å². The number of hydrogen-bond donors (Lipinski definition) is 1. The van der Waals surface area contributed by atoms with E-state index in [2.05, 4.69) is 5.32 Å². The molecule has 0 aromatic rings. The highest BCUT2D eigenvalue weighted by Crippen LogP contribution is 2.27. The second-order valence-corrected chi connectivity index (χ2v) is 4.78. The third-order valence-corrected chi connectivity index (χ3v) is 3.67. The predicted octanol–water partition coefficient (Wildman–Crippen LogP) is 2.14. The zero-order chi connectivity index (χ0) is 10.5. The molecule has 0 amide bonds. The van der Waals surface area contributed by atoms with Gasteiger partial charge >= 0.3 is 5.97 Å². The zero-order valence-electron chi connectivity index (χ0n) is 9.74. The van der Waals surface area contributed by atoms with Crippen molar-refractivity contribution in [3.63, 3.8) is 0 Å². The summed E-state index contributed by atoms with van der Waals surface area (Å²) < 4.78 is 5.29. The molecule has 1 saturated carbocycles. The molecule has 2 rings (SSSR count). The fraction of sp³-hybridized carbons (Fsp3) is 0.917. The average molecular weight is 248 g/mol. The number of halogens is 1. The monoisotopic (exact) mass is 247 g/mol. The van der Waals surface area contributed by atoms with Crippen LogP contribution in [0.3, 0.4) is 0 Å². The lowest BCUT2D eigenvalue weighted by Gasteiger charge is -2.25. The first-order valence-corrected chi connectivity index (χ1v) is 6.23. The maximum atomic E-state index is 11.4. The van der Waals surface area contributed by atoms with E-state index >= 15 is 0 Å². The summed E-state index contributed by atoms with van der Waals surface area (Å²) in [5.74, 6) is 1.05. The molecule has 3 nitrogen and oxygen atoms in total. The van der Waals surface area contributed by atoms with Crippen molar-refractivity contribution in [2.24, 2.45) is 11.8 Å². The number of carbonyl (C=O) groups excluding carboxylic acids is 1. The summed E-state index contributed by atoms with van der Waals surface area (Å²) in [5.41, 5.74) is 0.